The number of urea groups is 1. The first-order valence-corrected chi connectivity index (χ1v) is 11.5. The zero-order valence-corrected chi connectivity index (χ0v) is 18.8. The minimum absolute atomic E-state index is 0.322. The molecule has 0 atom stereocenters. The number of H-pyrrole nitrogens is 1. The van der Waals surface area contributed by atoms with Crippen molar-refractivity contribution in [2.24, 2.45) is 0 Å². The third-order valence-electron chi connectivity index (χ3n) is 4.86. The van der Waals surface area contributed by atoms with Crippen molar-refractivity contribution in [1.29, 1.82) is 0 Å². The number of aromatic amines is 1. The largest absolute Gasteiger partial charge is 0.457 e. The van der Waals surface area contributed by atoms with Crippen LogP contribution in [0.25, 0.3) is 11.0 Å². The topological polar surface area (TPSA) is 105 Å². The summed E-state index contributed by atoms with van der Waals surface area (Å²) in [5, 5.41) is 14.3. The van der Waals surface area contributed by atoms with Gasteiger partial charge in [-0.25, -0.2) is 14.8 Å². The molecule has 0 unspecified atom stereocenters. The standard InChI is InChI=1S/C25H20N6O2S/c32-25(29-18-9-11-21(12-10-18)33-20-7-2-1-3-8-20)30-19-6-4-5-17(13-19)15-34-24-22-14-28-31-23(22)26-16-27-24/h1-14,16H,15H2,(H2,29,30,32)(H,26,27,28,31). The number of benzene rings is 3. The number of carbonyl (C=O) groups excluding carboxylic acids is 1. The molecular formula is C25H20N6O2S. The van der Waals surface area contributed by atoms with Crippen molar-refractivity contribution in [1.82, 2.24) is 20.2 Å². The van der Waals surface area contributed by atoms with Crippen molar-refractivity contribution < 1.29 is 9.53 Å². The fraction of sp³-hybridized carbons (Fsp3) is 0.0400. The van der Waals surface area contributed by atoms with E-state index in [1.807, 2.05) is 66.7 Å². The van der Waals surface area contributed by atoms with Gasteiger partial charge < -0.3 is 15.4 Å². The lowest BCUT2D eigenvalue weighted by Crippen LogP contribution is -2.19. The van der Waals surface area contributed by atoms with Gasteiger partial charge in [-0.2, -0.15) is 5.10 Å². The van der Waals surface area contributed by atoms with Crippen LogP contribution in [0.1, 0.15) is 5.56 Å². The second kappa shape index (κ2) is 10.1. The second-order valence-corrected chi connectivity index (χ2v) is 8.28. The third kappa shape index (κ3) is 5.33. The molecule has 2 aromatic heterocycles. The number of anilines is 2. The van der Waals surface area contributed by atoms with E-state index in [2.05, 4.69) is 30.8 Å². The highest BCUT2D eigenvalue weighted by molar-refractivity contribution is 7.98. The zero-order chi connectivity index (χ0) is 23.2. The van der Waals surface area contributed by atoms with E-state index in [1.165, 1.54) is 6.33 Å². The number of amides is 2. The van der Waals surface area contributed by atoms with Gasteiger partial charge in [-0.15, -0.1) is 11.8 Å². The van der Waals surface area contributed by atoms with Crippen molar-refractivity contribution >= 4 is 40.2 Å². The van der Waals surface area contributed by atoms with E-state index >= 15 is 0 Å². The number of nitrogens with one attached hydrogen (secondary N) is 3. The van der Waals surface area contributed by atoms with Gasteiger partial charge in [-0.3, -0.25) is 5.10 Å². The third-order valence-corrected chi connectivity index (χ3v) is 5.94. The van der Waals surface area contributed by atoms with E-state index in [0.717, 1.165) is 21.7 Å². The number of hydrogen-bond donors (Lipinski definition) is 3. The SMILES string of the molecule is O=C(Nc1ccc(Oc2ccccc2)cc1)Nc1cccc(CSc2ncnc3[nH]ncc23)c1. The summed E-state index contributed by atoms with van der Waals surface area (Å²) in [5.74, 6) is 2.14. The first-order chi connectivity index (χ1) is 16.7. The molecule has 0 bridgehead atoms. The molecule has 2 heterocycles. The van der Waals surface area contributed by atoms with E-state index in [1.54, 1.807) is 30.1 Å². The van der Waals surface area contributed by atoms with E-state index < -0.39 is 0 Å². The van der Waals surface area contributed by atoms with Crippen molar-refractivity contribution in [3.8, 4) is 11.5 Å². The first kappa shape index (κ1) is 21.5. The Morgan fingerprint density at radius 2 is 1.68 bits per heavy atom. The monoisotopic (exact) mass is 468 g/mol. The van der Waals surface area contributed by atoms with Crippen LogP contribution in [0.3, 0.4) is 0 Å². The zero-order valence-electron chi connectivity index (χ0n) is 17.9. The lowest BCUT2D eigenvalue weighted by atomic mass is 10.2. The quantitative estimate of drug-likeness (QED) is 0.197. The molecule has 5 rings (SSSR count). The summed E-state index contributed by atoms with van der Waals surface area (Å²) < 4.78 is 5.78. The number of aromatic nitrogens is 4. The maximum Gasteiger partial charge on any atom is 0.323 e. The average Bonchev–Trinajstić information content (AvgIpc) is 3.34. The number of rotatable bonds is 7. The highest BCUT2D eigenvalue weighted by Crippen LogP contribution is 2.27. The Morgan fingerprint density at radius 1 is 0.882 bits per heavy atom. The summed E-state index contributed by atoms with van der Waals surface area (Å²) in [7, 11) is 0. The van der Waals surface area contributed by atoms with Crippen LogP contribution >= 0.6 is 11.8 Å². The van der Waals surface area contributed by atoms with Gasteiger partial charge in [0, 0.05) is 17.1 Å². The summed E-state index contributed by atoms with van der Waals surface area (Å²) in [4.78, 5) is 21.0. The molecule has 0 radical (unpaired) electrons. The van der Waals surface area contributed by atoms with Crippen molar-refractivity contribution in [3.05, 3.63) is 97.0 Å². The fourth-order valence-electron chi connectivity index (χ4n) is 3.27. The number of carbonyl (C=O) groups is 1. The van der Waals surface area contributed by atoms with Crippen molar-refractivity contribution in [3.63, 3.8) is 0 Å². The van der Waals surface area contributed by atoms with Gasteiger partial charge in [0.1, 0.15) is 22.9 Å². The van der Waals surface area contributed by atoms with Crippen LogP contribution in [0, 0.1) is 0 Å². The van der Waals surface area contributed by atoms with Gasteiger partial charge in [0.25, 0.3) is 0 Å². The van der Waals surface area contributed by atoms with Crippen LogP contribution in [0.2, 0.25) is 0 Å². The molecule has 168 valence electrons. The molecule has 0 fully saturated rings. The number of hydrogen-bond acceptors (Lipinski definition) is 6. The fourth-order valence-corrected chi connectivity index (χ4v) is 4.18. The molecule has 5 aromatic rings. The minimum atomic E-state index is -0.322. The molecule has 8 nitrogen and oxygen atoms in total. The van der Waals surface area contributed by atoms with Crippen LogP contribution in [0.15, 0.2) is 96.4 Å². The van der Waals surface area contributed by atoms with E-state index in [-0.39, 0.29) is 6.03 Å². The number of para-hydroxylation sites is 1. The Hall–Kier alpha value is -4.37. The number of nitrogens with zero attached hydrogens (tertiary/aromatic N) is 3. The van der Waals surface area contributed by atoms with Crippen LogP contribution in [0.4, 0.5) is 16.2 Å². The van der Waals surface area contributed by atoms with Gasteiger partial charge >= 0.3 is 6.03 Å². The Morgan fingerprint density at radius 3 is 2.53 bits per heavy atom. The maximum atomic E-state index is 12.5. The lowest BCUT2D eigenvalue weighted by molar-refractivity contribution is 0.262. The summed E-state index contributed by atoms with van der Waals surface area (Å²) in [5.41, 5.74) is 3.14. The molecule has 3 aromatic carbocycles. The molecule has 3 N–H and O–H groups in total. The van der Waals surface area contributed by atoms with Crippen LogP contribution in [-0.2, 0) is 5.75 Å². The molecule has 0 aliphatic carbocycles. The maximum absolute atomic E-state index is 12.5. The molecule has 0 aliphatic heterocycles. The number of fused-ring (bicyclic) bond motifs is 1. The molecule has 0 aliphatic rings. The summed E-state index contributed by atoms with van der Waals surface area (Å²) in [6, 6.07) is 24.1. The number of thioether (sulfide) groups is 1. The lowest BCUT2D eigenvalue weighted by Gasteiger charge is -2.10. The summed E-state index contributed by atoms with van der Waals surface area (Å²) >= 11 is 1.59. The van der Waals surface area contributed by atoms with Crippen LogP contribution in [-0.4, -0.2) is 26.2 Å². The minimum Gasteiger partial charge on any atom is -0.457 e. The summed E-state index contributed by atoms with van der Waals surface area (Å²) in [6.45, 7) is 0. The highest BCUT2D eigenvalue weighted by atomic mass is 32.2. The molecule has 0 saturated carbocycles. The summed E-state index contributed by atoms with van der Waals surface area (Å²) in [6.07, 6.45) is 3.24. The smallest absolute Gasteiger partial charge is 0.323 e. The molecule has 0 saturated heterocycles. The molecule has 0 spiro atoms. The second-order valence-electron chi connectivity index (χ2n) is 7.32. The molecule has 34 heavy (non-hydrogen) atoms. The normalized spacial score (nSPS) is 10.7. The molecular weight excluding hydrogens is 448 g/mol. The predicted molar refractivity (Wildman–Crippen MR) is 133 cm³/mol. The first-order valence-electron chi connectivity index (χ1n) is 10.5. The molecule has 9 heteroatoms. The number of ether oxygens (including phenoxy) is 1. The van der Waals surface area contributed by atoms with Crippen LogP contribution < -0.4 is 15.4 Å². The molecule has 2 amide bonds. The Balaban J connectivity index is 1.16. The van der Waals surface area contributed by atoms with Crippen LogP contribution in [0.5, 0.6) is 11.5 Å². The Kier molecular flexibility index (Phi) is 6.35. The van der Waals surface area contributed by atoms with Gasteiger partial charge in [0.2, 0.25) is 0 Å². The predicted octanol–water partition coefficient (Wildman–Crippen LogP) is 6.08. The van der Waals surface area contributed by atoms with E-state index in [9.17, 15) is 4.79 Å². The van der Waals surface area contributed by atoms with Crippen molar-refractivity contribution in [2.45, 2.75) is 10.8 Å². The van der Waals surface area contributed by atoms with E-state index in [0.29, 0.717) is 28.5 Å². The highest BCUT2D eigenvalue weighted by Gasteiger charge is 2.08. The van der Waals surface area contributed by atoms with Crippen molar-refractivity contribution in [2.75, 3.05) is 10.6 Å². The van der Waals surface area contributed by atoms with Gasteiger partial charge in [0.05, 0.1) is 11.6 Å². The Labute approximate surface area is 199 Å². The van der Waals surface area contributed by atoms with Gasteiger partial charge in [0.15, 0.2) is 5.65 Å². The Bertz CT molecular complexity index is 1410. The van der Waals surface area contributed by atoms with Gasteiger partial charge in [-0.1, -0.05) is 30.3 Å². The average molecular weight is 469 g/mol. The van der Waals surface area contributed by atoms with E-state index in [4.69, 9.17) is 4.74 Å². The van der Waals surface area contributed by atoms with Gasteiger partial charge in [-0.05, 0) is 54.1 Å².